The van der Waals surface area contributed by atoms with Crippen molar-refractivity contribution in [3.63, 3.8) is 0 Å². The van der Waals surface area contributed by atoms with Crippen molar-refractivity contribution < 1.29 is 14.3 Å². The van der Waals surface area contributed by atoms with Gasteiger partial charge < -0.3 is 14.4 Å². The van der Waals surface area contributed by atoms with Crippen molar-refractivity contribution in [1.82, 2.24) is 4.57 Å². The number of fused-ring (bicyclic) bond motifs is 1. The molecular formula is C28H29N3O4S. The molecule has 7 nitrogen and oxygen atoms in total. The Bertz CT molecular complexity index is 1480. The minimum atomic E-state index is -0.631. The van der Waals surface area contributed by atoms with Crippen molar-refractivity contribution in [2.75, 3.05) is 32.2 Å². The van der Waals surface area contributed by atoms with E-state index in [0.717, 1.165) is 22.6 Å². The highest BCUT2D eigenvalue weighted by atomic mass is 32.1. The third-order valence-corrected chi connectivity index (χ3v) is 6.77. The number of ether oxygens (including phenoxy) is 2. The lowest BCUT2D eigenvalue weighted by Gasteiger charge is -2.25. The lowest BCUT2D eigenvalue weighted by Crippen LogP contribution is -2.39. The summed E-state index contributed by atoms with van der Waals surface area (Å²) in [7, 11) is 3.93. The molecule has 0 bridgehead atoms. The first-order chi connectivity index (χ1) is 17.3. The summed E-state index contributed by atoms with van der Waals surface area (Å²) in [6.07, 6.45) is 3.52. The number of esters is 1. The number of aromatic nitrogens is 1. The van der Waals surface area contributed by atoms with Crippen LogP contribution in [-0.4, -0.2) is 37.8 Å². The van der Waals surface area contributed by atoms with Crippen LogP contribution in [0.15, 0.2) is 82.2 Å². The number of carbonyl (C=O) groups excluding carboxylic acids is 1. The molecule has 0 aliphatic carbocycles. The molecule has 0 saturated carbocycles. The quantitative estimate of drug-likeness (QED) is 0.348. The number of allylic oxidation sites excluding steroid dienone is 1. The monoisotopic (exact) mass is 503 g/mol. The van der Waals surface area contributed by atoms with Crippen LogP contribution in [0.25, 0.3) is 6.08 Å². The molecule has 3 aromatic rings. The maximum atomic E-state index is 13.7. The third kappa shape index (κ3) is 5.04. The Morgan fingerprint density at radius 1 is 1.17 bits per heavy atom. The molecule has 8 heteroatoms. The van der Waals surface area contributed by atoms with Crippen LogP contribution in [0.5, 0.6) is 5.75 Å². The minimum absolute atomic E-state index is 0.207. The predicted octanol–water partition coefficient (Wildman–Crippen LogP) is 3.43. The van der Waals surface area contributed by atoms with Crippen LogP contribution in [0, 0.1) is 0 Å². The van der Waals surface area contributed by atoms with Gasteiger partial charge in [0.2, 0.25) is 0 Å². The van der Waals surface area contributed by atoms with Crippen molar-refractivity contribution in [3.05, 3.63) is 103 Å². The van der Waals surface area contributed by atoms with Gasteiger partial charge in [-0.25, -0.2) is 9.79 Å². The second-order valence-electron chi connectivity index (χ2n) is 8.46. The standard InChI is InChI=1S/C28H29N3O4S/c1-6-16-35-22-14-8-19(9-15-22)17-23-26(32)31-25(20-10-12-21(13-11-20)30(4)5)24(27(33)34-7-2)18(3)29-28(31)36-23/h6,8-15,17,25H,1,7,16H2,2-5H3/b23-17-. The summed E-state index contributed by atoms with van der Waals surface area (Å²) in [5, 5.41) is 0. The fourth-order valence-electron chi connectivity index (χ4n) is 4.03. The Labute approximate surface area is 213 Å². The second-order valence-corrected chi connectivity index (χ2v) is 9.47. The van der Waals surface area contributed by atoms with Gasteiger partial charge in [-0.15, -0.1) is 0 Å². The number of nitrogens with zero attached hydrogens (tertiary/aromatic N) is 3. The van der Waals surface area contributed by atoms with E-state index in [9.17, 15) is 9.59 Å². The van der Waals surface area contributed by atoms with E-state index in [-0.39, 0.29) is 12.2 Å². The highest BCUT2D eigenvalue weighted by molar-refractivity contribution is 7.07. The molecule has 0 spiro atoms. The van der Waals surface area contributed by atoms with Gasteiger partial charge in [0.05, 0.1) is 28.5 Å². The molecule has 1 atom stereocenters. The lowest BCUT2D eigenvalue weighted by atomic mass is 9.95. The van der Waals surface area contributed by atoms with Crippen LogP contribution < -0.4 is 24.5 Å². The molecule has 1 aliphatic rings. The van der Waals surface area contributed by atoms with E-state index in [1.165, 1.54) is 11.3 Å². The van der Waals surface area contributed by atoms with Crippen LogP contribution in [0.3, 0.4) is 0 Å². The third-order valence-electron chi connectivity index (χ3n) is 5.79. The second kappa shape index (κ2) is 10.8. The largest absolute Gasteiger partial charge is 0.490 e. The fraction of sp³-hybridized carbons (Fsp3) is 0.250. The number of hydrogen-bond donors (Lipinski definition) is 0. The zero-order chi connectivity index (χ0) is 25.8. The molecule has 0 N–H and O–H groups in total. The fourth-order valence-corrected chi connectivity index (χ4v) is 5.08. The van der Waals surface area contributed by atoms with Crippen molar-refractivity contribution in [3.8, 4) is 5.75 Å². The normalized spacial score (nSPS) is 15.2. The average Bonchev–Trinajstić information content (AvgIpc) is 3.17. The number of benzene rings is 2. The lowest BCUT2D eigenvalue weighted by molar-refractivity contribution is -0.139. The summed E-state index contributed by atoms with van der Waals surface area (Å²) in [6, 6.07) is 14.7. The van der Waals surface area contributed by atoms with E-state index in [1.807, 2.05) is 73.6 Å². The van der Waals surface area contributed by atoms with Crippen LogP contribution in [0.4, 0.5) is 5.69 Å². The van der Waals surface area contributed by atoms with Crippen molar-refractivity contribution >= 4 is 29.1 Å². The first-order valence-corrected chi connectivity index (χ1v) is 12.5. The zero-order valence-corrected chi connectivity index (χ0v) is 21.7. The van der Waals surface area contributed by atoms with Crippen molar-refractivity contribution in [2.45, 2.75) is 19.9 Å². The Kier molecular flexibility index (Phi) is 7.55. The smallest absolute Gasteiger partial charge is 0.338 e. The molecule has 0 amide bonds. The number of rotatable bonds is 8. The van der Waals surface area contributed by atoms with Gasteiger partial charge >= 0.3 is 5.97 Å². The van der Waals surface area contributed by atoms with E-state index in [2.05, 4.69) is 11.6 Å². The van der Waals surface area contributed by atoms with E-state index >= 15 is 0 Å². The first-order valence-electron chi connectivity index (χ1n) is 11.6. The molecule has 1 unspecified atom stereocenters. The number of hydrogen-bond acceptors (Lipinski definition) is 7. The van der Waals surface area contributed by atoms with Gasteiger partial charge in [0, 0.05) is 19.8 Å². The molecule has 0 fully saturated rings. The Hall–Kier alpha value is -3.91. The zero-order valence-electron chi connectivity index (χ0n) is 20.9. The van der Waals surface area contributed by atoms with Gasteiger partial charge in [0.15, 0.2) is 4.80 Å². The Morgan fingerprint density at radius 2 is 1.86 bits per heavy atom. The van der Waals surface area contributed by atoms with E-state index in [4.69, 9.17) is 9.47 Å². The van der Waals surface area contributed by atoms with Crippen molar-refractivity contribution in [1.29, 1.82) is 0 Å². The summed E-state index contributed by atoms with van der Waals surface area (Å²) in [5.41, 5.74) is 3.41. The van der Waals surface area contributed by atoms with Crippen LogP contribution in [-0.2, 0) is 9.53 Å². The molecule has 0 saturated heterocycles. The number of anilines is 1. The Balaban J connectivity index is 1.84. The first kappa shape index (κ1) is 25.2. The Morgan fingerprint density at radius 3 is 2.47 bits per heavy atom. The predicted molar refractivity (Wildman–Crippen MR) is 143 cm³/mol. The summed E-state index contributed by atoms with van der Waals surface area (Å²) >= 11 is 1.30. The van der Waals surface area contributed by atoms with Crippen molar-refractivity contribution in [2.24, 2.45) is 4.99 Å². The van der Waals surface area contributed by atoms with Gasteiger partial charge in [-0.05, 0) is 55.3 Å². The summed E-state index contributed by atoms with van der Waals surface area (Å²) in [4.78, 5) is 33.9. The van der Waals surface area contributed by atoms with Crippen LogP contribution >= 0.6 is 11.3 Å². The molecule has 36 heavy (non-hydrogen) atoms. The van der Waals surface area contributed by atoms with Gasteiger partial charge in [-0.2, -0.15) is 0 Å². The summed E-state index contributed by atoms with van der Waals surface area (Å²) in [5.74, 6) is 0.259. The molecule has 1 aromatic heterocycles. The number of carbonyl (C=O) groups is 1. The average molecular weight is 504 g/mol. The van der Waals surface area contributed by atoms with E-state index < -0.39 is 12.0 Å². The van der Waals surface area contributed by atoms with Gasteiger partial charge in [0.25, 0.3) is 5.56 Å². The topological polar surface area (TPSA) is 73.1 Å². The maximum absolute atomic E-state index is 13.7. The molecule has 2 heterocycles. The highest BCUT2D eigenvalue weighted by Gasteiger charge is 2.33. The van der Waals surface area contributed by atoms with E-state index in [1.54, 1.807) is 24.5 Å². The molecule has 1 aliphatic heterocycles. The molecule has 4 rings (SSSR count). The van der Waals surface area contributed by atoms with Gasteiger partial charge in [-0.3, -0.25) is 9.36 Å². The molecule has 0 radical (unpaired) electrons. The van der Waals surface area contributed by atoms with Gasteiger partial charge in [0.1, 0.15) is 12.4 Å². The molecular weight excluding hydrogens is 474 g/mol. The van der Waals surface area contributed by atoms with Gasteiger partial charge in [-0.1, -0.05) is 48.3 Å². The minimum Gasteiger partial charge on any atom is -0.490 e. The van der Waals surface area contributed by atoms with Crippen LogP contribution in [0.1, 0.15) is 31.0 Å². The molecule has 186 valence electrons. The SMILES string of the molecule is C=CCOc1ccc(/C=c2\sc3n(c2=O)C(c2ccc(N(C)C)cc2)C(C(=O)OCC)=C(C)N=3)cc1. The van der Waals surface area contributed by atoms with E-state index in [0.29, 0.717) is 27.2 Å². The summed E-state index contributed by atoms with van der Waals surface area (Å²) in [6.45, 7) is 7.86. The molecule has 2 aromatic carbocycles. The maximum Gasteiger partial charge on any atom is 0.338 e. The van der Waals surface area contributed by atoms with Crippen LogP contribution in [0.2, 0.25) is 0 Å². The summed E-state index contributed by atoms with van der Waals surface area (Å²) < 4.78 is 13.0. The highest BCUT2D eigenvalue weighted by Crippen LogP contribution is 2.31. The number of thiazole rings is 1.